The molecule has 0 bridgehead atoms. The smallest absolute Gasteiger partial charge is 0.253 e. The van der Waals surface area contributed by atoms with Crippen molar-refractivity contribution in [3.63, 3.8) is 0 Å². The average molecular weight is 342 g/mol. The van der Waals surface area contributed by atoms with Crippen LogP contribution in [-0.2, 0) is 16.4 Å². The molecule has 1 heterocycles. The van der Waals surface area contributed by atoms with Crippen molar-refractivity contribution in [3.05, 3.63) is 65.4 Å². The number of sulfone groups is 1. The Balaban J connectivity index is 1.77. The summed E-state index contributed by atoms with van der Waals surface area (Å²) in [5.41, 5.74) is 3.23. The highest BCUT2D eigenvalue weighted by Crippen LogP contribution is 2.21. The number of benzene rings is 2. The molecule has 0 aliphatic rings. The molecule has 6 heteroatoms. The number of para-hydroxylation sites is 1. The minimum Gasteiger partial charge on any atom is -0.358 e. The van der Waals surface area contributed by atoms with Crippen molar-refractivity contribution in [2.75, 3.05) is 6.26 Å². The summed E-state index contributed by atoms with van der Waals surface area (Å²) in [6.07, 6.45) is 1.17. The molecule has 0 aliphatic carbocycles. The molecule has 0 unspecified atom stereocenters. The monoisotopic (exact) mass is 342 g/mol. The van der Waals surface area contributed by atoms with E-state index in [0.717, 1.165) is 22.2 Å². The summed E-state index contributed by atoms with van der Waals surface area (Å²) < 4.78 is 22.9. The first-order valence-corrected chi connectivity index (χ1v) is 9.40. The van der Waals surface area contributed by atoms with Crippen molar-refractivity contribution in [1.29, 1.82) is 0 Å². The van der Waals surface area contributed by atoms with Gasteiger partial charge in [-0.2, -0.15) is 0 Å². The number of aromatic amines is 1. The summed E-state index contributed by atoms with van der Waals surface area (Å²) in [7, 11) is -3.21. The first-order valence-electron chi connectivity index (χ1n) is 7.51. The van der Waals surface area contributed by atoms with E-state index in [9.17, 15) is 13.2 Å². The fourth-order valence-corrected chi connectivity index (χ4v) is 3.32. The number of hydrogen-bond acceptors (Lipinski definition) is 3. The van der Waals surface area contributed by atoms with E-state index in [-0.39, 0.29) is 10.8 Å². The van der Waals surface area contributed by atoms with E-state index in [0.29, 0.717) is 12.1 Å². The van der Waals surface area contributed by atoms with E-state index in [4.69, 9.17) is 0 Å². The fraction of sp³-hybridized carbons (Fsp3) is 0.167. The van der Waals surface area contributed by atoms with Gasteiger partial charge in [-0.1, -0.05) is 30.3 Å². The Bertz CT molecular complexity index is 1000. The lowest BCUT2D eigenvalue weighted by molar-refractivity contribution is 0.0952. The van der Waals surface area contributed by atoms with Crippen molar-refractivity contribution in [3.8, 4) is 0 Å². The standard InChI is InChI=1S/C18H18N2O3S/c1-12-17(15-5-3-4-6-16(15)20-12)18(21)19-11-13-7-9-14(10-8-13)24(2,22)23/h3-10,20H,11H2,1-2H3,(H,19,21). The zero-order valence-corrected chi connectivity index (χ0v) is 14.3. The molecule has 1 amide bonds. The topological polar surface area (TPSA) is 79.0 Å². The maximum Gasteiger partial charge on any atom is 0.253 e. The lowest BCUT2D eigenvalue weighted by atomic mass is 10.1. The lowest BCUT2D eigenvalue weighted by Crippen LogP contribution is -2.23. The molecule has 0 saturated carbocycles. The zero-order valence-electron chi connectivity index (χ0n) is 13.5. The predicted molar refractivity (Wildman–Crippen MR) is 93.8 cm³/mol. The molecule has 3 rings (SSSR count). The maximum atomic E-state index is 12.5. The van der Waals surface area contributed by atoms with Gasteiger partial charge in [-0.3, -0.25) is 4.79 Å². The summed E-state index contributed by atoms with van der Waals surface area (Å²) in [6, 6.07) is 14.2. The summed E-state index contributed by atoms with van der Waals surface area (Å²) in [5.74, 6) is -0.155. The SMILES string of the molecule is Cc1[nH]c2ccccc2c1C(=O)NCc1ccc(S(C)(=O)=O)cc1. The second kappa shape index (κ2) is 6.13. The molecular formula is C18H18N2O3S. The van der Waals surface area contributed by atoms with Crippen LogP contribution >= 0.6 is 0 Å². The maximum absolute atomic E-state index is 12.5. The highest BCUT2D eigenvalue weighted by atomic mass is 32.2. The quantitative estimate of drug-likeness (QED) is 0.765. The summed E-state index contributed by atoms with van der Waals surface area (Å²) in [5, 5.41) is 3.77. The number of carbonyl (C=O) groups is 1. The van der Waals surface area contributed by atoms with Gasteiger partial charge in [0.1, 0.15) is 0 Å². The summed E-state index contributed by atoms with van der Waals surface area (Å²) >= 11 is 0. The number of rotatable bonds is 4. The van der Waals surface area contributed by atoms with Crippen molar-refractivity contribution >= 4 is 26.6 Å². The average Bonchev–Trinajstić information content (AvgIpc) is 2.88. The van der Waals surface area contributed by atoms with Crippen molar-refractivity contribution in [2.45, 2.75) is 18.4 Å². The van der Waals surface area contributed by atoms with Crippen LogP contribution in [0.4, 0.5) is 0 Å². The Morgan fingerprint density at radius 3 is 2.42 bits per heavy atom. The molecule has 0 radical (unpaired) electrons. The van der Waals surface area contributed by atoms with Gasteiger partial charge >= 0.3 is 0 Å². The van der Waals surface area contributed by atoms with E-state index < -0.39 is 9.84 Å². The predicted octanol–water partition coefficient (Wildman–Crippen LogP) is 2.81. The van der Waals surface area contributed by atoms with Crippen LogP contribution in [0.3, 0.4) is 0 Å². The number of fused-ring (bicyclic) bond motifs is 1. The van der Waals surface area contributed by atoms with E-state index in [2.05, 4.69) is 10.3 Å². The first-order chi connectivity index (χ1) is 11.4. The Labute approximate surface area is 140 Å². The minimum atomic E-state index is -3.21. The van der Waals surface area contributed by atoms with Gasteiger partial charge in [0.15, 0.2) is 9.84 Å². The molecule has 1 aromatic heterocycles. The summed E-state index contributed by atoms with van der Waals surface area (Å²) in [6.45, 7) is 2.21. The van der Waals surface area contributed by atoms with Gasteiger partial charge in [-0.25, -0.2) is 8.42 Å². The Hall–Kier alpha value is -2.60. The number of H-pyrrole nitrogens is 1. The van der Waals surface area contributed by atoms with E-state index >= 15 is 0 Å². The Morgan fingerprint density at radius 1 is 1.08 bits per heavy atom. The number of amides is 1. The van der Waals surface area contributed by atoms with Crippen LogP contribution in [0.1, 0.15) is 21.6 Å². The molecule has 5 nitrogen and oxygen atoms in total. The third-order valence-corrected chi connectivity index (χ3v) is 5.05. The van der Waals surface area contributed by atoms with Crippen LogP contribution in [0.25, 0.3) is 10.9 Å². The molecule has 0 fully saturated rings. The molecule has 3 aromatic rings. The third kappa shape index (κ3) is 3.19. The number of aryl methyl sites for hydroxylation is 1. The van der Waals surface area contributed by atoms with E-state index in [1.807, 2.05) is 31.2 Å². The molecule has 0 atom stereocenters. The molecule has 0 aliphatic heterocycles. The molecule has 124 valence electrons. The van der Waals surface area contributed by atoms with Crippen molar-refractivity contribution in [1.82, 2.24) is 10.3 Å². The molecule has 2 aromatic carbocycles. The van der Waals surface area contributed by atoms with Gasteiger partial charge < -0.3 is 10.3 Å². The highest BCUT2D eigenvalue weighted by Gasteiger charge is 2.15. The largest absolute Gasteiger partial charge is 0.358 e. The molecule has 24 heavy (non-hydrogen) atoms. The van der Waals surface area contributed by atoms with Crippen LogP contribution in [0.2, 0.25) is 0 Å². The number of hydrogen-bond donors (Lipinski definition) is 2. The van der Waals surface area contributed by atoms with Crippen LogP contribution in [0.5, 0.6) is 0 Å². The van der Waals surface area contributed by atoms with Gasteiger partial charge in [-0.05, 0) is 30.7 Å². The van der Waals surface area contributed by atoms with Gasteiger partial charge in [0, 0.05) is 29.4 Å². The minimum absolute atomic E-state index is 0.155. The zero-order chi connectivity index (χ0) is 17.3. The number of carbonyl (C=O) groups excluding carboxylic acids is 1. The number of aromatic nitrogens is 1. The number of nitrogens with one attached hydrogen (secondary N) is 2. The third-order valence-electron chi connectivity index (χ3n) is 3.93. The second-order valence-electron chi connectivity index (χ2n) is 5.77. The van der Waals surface area contributed by atoms with Crippen LogP contribution < -0.4 is 5.32 Å². The Kier molecular flexibility index (Phi) is 4.15. The fourth-order valence-electron chi connectivity index (χ4n) is 2.69. The molecular weight excluding hydrogens is 324 g/mol. The van der Waals surface area contributed by atoms with Crippen LogP contribution in [0.15, 0.2) is 53.4 Å². The van der Waals surface area contributed by atoms with Gasteiger partial charge in [0.25, 0.3) is 5.91 Å². The molecule has 0 saturated heterocycles. The van der Waals surface area contributed by atoms with Crippen molar-refractivity contribution < 1.29 is 13.2 Å². The second-order valence-corrected chi connectivity index (χ2v) is 7.79. The lowest BCUT2D eigenvalue weighted by Gasteiger charge is -2.06. The van der Waals surface area contributed by atoms with E-state index in [1.165, 1.54) is 6.26 Å². The molecule has 2 N–H and O–H groups in total. The van der Waals surface area contributed by atoms with Gasteiger partial charge in [0.2, 0.25) is 0 Å². The normalized spacial score (nSPS) is 11.6. The first kappa shape index (κ1) is 16.3. The van der Waals surface area contributed by atoms with Gasteiger partial charge in [0.05, 0.1) is 10.5 Å². The van der Waals surface area contributed by atoms with Crippen LogP contribution in [0, 0.1) is 6.92 Å². The highest BCUT2D eigenvalue weighted by molar-refractivity contribution is 7.90. The van der Waals surface area contributed by atoms with Crippen LogP contribution in [-0.4, -0.2) is 25.6 Å². The van der Waals surface area contributed by atoms with E-state index in [1.54, 1.807) is 24.3 Å². The van der Waals surface area contributed by atoms with Crippen molar-refractivity contribution in [2.24, 2.45) is 0 Å². The Morgan fingerprint density at radius 2 is 1.75 bits per heavy atom. The summed E-state index contributed by atoms with van der Waals surface area (Å²) in [4.78, 5) is 16.0. The molecule has 0 spiro atoms. The van der Waals surface area contributed by atoms with Gasteiger partial charge in [-0.15, -0.1) is 0 Å².